The lowest BCUT2D eigenvalue weighted by Gasteiger charge is -2.29. The van der Waals surface area contributed by atoms with Crippen LogP contribution in [0.4, 0.5) is 11.8 Å². The summed E-state index contributed by atoms with van der Waals surface area (Å²) in [4.78, 5) is 20.7. The Balaban J connectivity index is 1.41. The van der Waals surface area contributed by atoms with E-state index in [4.69, 9.17) is 4.98 Å². The van der Waals surface area contributed by atoms with Gasteiger partial charge >= 0.3 is 0 Å². The van der Waals surface area contributed by atoms with Crippen LogP contribution in [0, 0.1) is 0 Å². The summed E-state index contributed by atoms with van der Waals surface area (Å²) in [6.07, 6.45) is 8.09. The second kappa shape index (κ2) is 7.40. The van der Waals surface area contributed by atoms with E-state index in [1.54, 1.807) is 0 Å². The molecule has 0 atom stereocenters. The highest BCUT2D eigenvalue weighted by Gasteiger charge is 2.18. The SMILES string of the molecule is CCn1cnc2ccc3cnc(Nc4ccc(C5CCN(C)CC5)cn4)nc3c21. The lowest BCUT2D eigenvalue weighted by molar-refractivity contribution is 0.255. The van der Waals surface area contributed by atoms with Crippen molar-refractivity contribution in [2.75, 3.05) is 25.5 Å². The quantitative estimate of drug-likeness (QED) is 0.572. The van der Waals surface area contributed by atoms with Gasteiger partial charge in [0.1, 0.15) is 11.3 Å². The Labute approximate surface area is 169 Å². The Hall–Kier alpha value is -3.06. The molecule has 4 heterocycles. The van der Waals surface area contributed by atoms with E-state index in [1.807, 2.05) is 36.9 Å². The normalized spacial score (nSPS) is 15.9. The summed E-state index contributed by atoms with van der Waals surface area (Å²) in [5, 5.41) is 4.26. The minimum Gasteiger partial charge on any atom is -0.329 e. The summed E-state index contributed by atoms with van der Waals surface area (Å²) >= 11 is 0. The topological polar surface area (TPSA) is 71.8 Å². The van der Waals surface area contributed by atoms with Gasteiger partial charge < -0.3 is 14.8 Å². The molecule has 7 nitrogen and oxygen atoms in total. The van der Waals surface area contributed by atoms with Crippen molar-refractivity contribution in [1.82, 2.24) is 29.4 Å². The van der Waals surface area contributed by atoms with Crippen molar-refractivity contribution in [2.24, 2.45) is 0 Å². The Morgan fingerprint density at radius 1 is 1.03 bits per heavy atom. The van der Waals surface area contributed by atoms with Gasteiger partial charge in [-0.15, -0.1) is 0 Å². The van der Waals surface area contributed by atoms with Gasteiger partial charge in [-0.2, -0.15) is 0 Å². The fraction of sp³-hybridized carbons (Fsp3) is 0.364. The van der Waals surface area contributed by atoms with Crippen LogP contribution in [-0.4, -0.2) is 49.5 Å². The summed E-state index contributed by atoms with van der Waals surface area (Å²) < 4.78 is 2.11. The molecule has 4 aromatic rings. The molecule has 0 radical (unpaired) electrons. The van der Waals surface area contributed by atoms with Crippen molar-refractivity contribution >= 4 is 33.7 Å². The van der Waals surface area contributed by atoms with Crippen LogP contribution < -0.4 is 5.32 Å². The number of aromatic nitrogens is 5. The Morgan fingerprint density at radius 3 is 2.66 bits per heavy atom. The Kier molecular flexibility index (Phi) is 4.60. The molecule has 1 saturated heterocycles. The van der Waals surface area contributed by atoms with Crippen LogP contribution in [0.5, 0.6) is 0 Å². The molecule has 1 fully saturated rings. The zero-order valence-corrected chi connectivity index (χ0v) is 16.8. The molecule has 3 aromatic heterocycles. The maximum absolute atomic E-state index is 4.77. The number of nitrogens with zero attached hydrogens (tertiary/aromatic N) is 6. The Bertz CT molecular complexity index is 1140. The first-order valence-corrected chi connectivity index (χ1v) is 10.2. The van der Waals surface area contributed by atoms with E-state index in [0.717, 1.165) is 47.4 Å². The number of aryl methyl sites for hydroxylation is 1. The monoisotopic (exact) mass is 387 g/mol. The van der Waals surface area contributed by atoms with Crippen LogP contribution in [0.1, 0.15) is 31.2 Å². The molecule has 5 rings (SSSR count). The fourth-order valence-electron chi connectivity index (χ4n) is 4.13. The van der Waals surface area contributed by atoms with E-state index >= 15 is 0 Å². The molecule has 29 heavy (non-hydrogen) atoms. The number of benzene rings is 1. The van der Waals surface area contributed by atoms with Crippen LogP contribution >= 0.6 is 0 Å². The van der Waals surface area contributed by atoms with Crippen molar-refractivity contribution in [2.45, 2.75) is 32.2 Å². The van der Waals surface area contributed by atoms with Gasteiger partial charge in [-0.25, -0.2) is 19.9 Å². The summed E-state index contributed by atoms with van der Waals surface area (Å²) in [7, 11) is 2.19. The molecule has 1 N–H and O–H groups in total. The molecule has 148 valence electrons. The van der Waals surface area contributed by atoms with E-state index in [2.05, 4.69) is 49.8 Å². The molecule has 0 unspecified atom stereocenters. The standard InChI is InChI=1S/C22H25N7/c1-3-29-14-25-18-6-4-17-13-24-22(27-20(17)21(18)29)26-19-7-5-16(12-23-19)15-8-10-28(2)11-9-15/h4-7,12-15H,3,8-11H2,1-2H3,(H,23,24,26,27). The van der Waals surface area contributed by atoms with Gasteiger partial charge in [0.25, 0.3) is 0 Å². The highest BCUT2D eigenvalue weighted by atomic mass is 15.1. The van der Waals surface area contributed by atoms with E-state index in [0.29, 0.717) is 11.9 Å². The highest BCUT2D eigenvalue weighted by Crippen LogP contribution is 2.28. The van der Waals surface area contributed by atoms with Crippen molar-refractivity contribution in [3.63, 3.8) is 0 Å². The molecular formula is C22H25N7. The van der Waals surface area contributed by atoms with Crippen LogP contribution in [-0.2, 0) is 6.54 Å². The number of nitrogens with one attached hydrogen (secondary N) is 1. The molecule has 1 aliphatic rings. The predicted molar refractivity (Wildman–Crippen MR) is 115 cm³/mol. The van der Waals surface area contributed by atoms with Gasteiger partial charge in [0.2, 0.25) is 5.95 Å². The lowest BCUT2D eigenvalue weighted by Crippen LogP contribution is -2.29. The number of hydrogen-bond acceptors (Lipinski definition) is 6. The molecule has 0 aliphatic carbocycles. The van der Waals surface area contributed by atoms with Crippen molar-refractivity contribution in [1.29, 1.82) is 0 Å². The minimum absolute atomic E-state index is 0.549. The number of piperidine rings is 1. The summed E-state index contributed by atoms with van der Waals surface area (Å²) in [5.41, 5.74) is 4.21. The lowest BCUT2D eigenvalue weighted by atomic mass is 9.91. The van der Waals surface area contributed by atoms with Crippen molar-refractivity contribution in [3.8, 4) is 0 Å². The number of hydrogen-bond donors (Lipinski definition) is 1. The molecule has 1 aromatic carbocycles. The van der Waals surface area contributed by atoms with Gasteiger partial charge in [-0.3, -0.25) is 0 Å². The molecular weight excluding hydrogens is 362 g/mol. The second-order valence-electron chi connectivity index (χ2n) is 7.77. The van der Waals surface area contributed by atoms with Gasteiger partial charge in [0, 0.05) is 24.3 Å². The fourth-order valence-corrected chi connectivity index (χ4v) is 4.13. The molecule has 0 spiro atoms. The predicted octanol–water partition coefficient (Wildman–Crippen LogP) is 3.95. The Morgan fingerprint density at radius 2 is 1.90 bits per heavy atom. The first-order valence-electron chi connectivity index (χ1n) is 10.2. The third-order valence-corrected chi connectivity index (χ3v) is 5.89. The average Bonchev–Trinajstić information content (AvgIpc) is 3.19. The van der Waals surface area contributed by atoms with Gasteiger partial charge in [-0.05, 0) is 69.6 Å². The first kappa shape index (κ1) is 18.0. The molecule has 7 heteroatoms. The van der Waals surface area contributed by atoms with Crippen molar-refractivity contribution < 1.29 is 0 Å². The van der Waals surface area contributed by atoms with Crippen LogP contribution in [0.15, 0.2) is 43.0 Å². The first-order chi connectivity index (χ1) is 14.2. The van der Waals surface area contributed by atoms with Crippen molar-refractivity contribution in [3.05, 3.63) is 48.5 Å². The number of rotatable bonds is 4. The smallest absolute Gasteiger partial charge is 0.228 e. The van der Waals surface area contributed by atoms with E-state index in [-0.39, 0.29) is 0 Å². The summed E-state index contributed by atoms with van der Waals surface area (Å²) in [5.74, 6) is 1.91. The zero-order chi connectivity index (χ0) is 19.8. The maximum atomic E-state index is 4.77. The zero-order valence-electron chi connectivity index (χ0n) is 16.8. The number of pyridine rings is 1. The van der Waals surface area contributed by atoms with Crippen LogP contribution in [0.25, 0.3) is 21.9 Å². The molecule has 0 bridgehead atoms. The van der Waals surface area contributed by atoms with Crippen LogP contribution in [0.3, 0.4) is 0 Å². The molecule has 0 saturated carbocycles. The molecule has 0 amide bonds. The third kappa shape index (κ3) is 3.42. The number of fused-ring (bicyclic) bond motifs is 3. The van der Waals surface area contributed by atoms with Gasteiger partial charge in [0.15, 0.2) is 0 Å². The number of anilines is 2. The maximum Gasteiger partial charge on any atom is 0.228 e. The van der Waals surface area contributed by atoms with E-state index in [1.165, 1.54) is 18.4 Å². The largest absolute Gasteiger partial charge is 0.329 e. The third-order valence-electron chi connectivity index (χ3n) is 5.89. The van der Waals surface area contributed by atoms with E-state index < -0.39 is 0 Å². The second-order valence-corrected chi connectivity index (χ2v) is 7.77. The number of likely N-dealkylation sites (tertiary alicyclic amines) is 1. The van der Waals surface area contributed by atoms with Gasteiger partial charge in [-0.1, -0.05) is 6.07 Å². The highest BCUT2D eigenvalue weighted by molar-refractivity contribution is 6.01. The van der Waals surface area contributed by atoms with E-state index in [9.17, 15) is 0 Å². The van der Waals surface area contributed by atoms with Crippen LogP contribution in [0.2, 0.25) is 0 Å². The molecule has 1 aliphatic heterocycles. The average molecular weight is 387 g/mol. The van der Waals surface area contributed by atoms with Gasteiger partial charge in [0.05, 0.1) is 17.4 Å². The minimum atomic E-state index is 0.549. The summed E-state index contributed by atoms with van der Waals surface area (Å²) in [6.45, 7) is 5.26. The number of imidazole rings is 1. The summed E-state index contributed by atoms with van der Waals surface area (Å²) in [6, 6.07) is 8.24.